The summed E-state index contributed by atoms with van der Waals surface area (Å²) in [5, 5.41) is 0. The van der Waals surface area contributed by atoms with Gasteiger partial charge in [0.25, 0.3) is 11.5 Å². The van der Waals surface area contributed by atoms with Crippen molar-refractivity contribution < 1.29 is 13.9 Å². The van der Waals surface area contributed by atoms with Crippen molar-refractivity contribution in [2.24, 2.45) is 7.05 Å². The largest absolute Gasteiger partial charge is 0.481 e. The van der Waals surface area contributed by atoms with E-state index in [4.69, 9.17) is 11.2 Å². The first-order chi connectivity index (χ1) is 12.4. The number of fused-ring (bicyclic) bond motifs is 1. The van der Waals surface area contributed by atoms with Gasteiger partial charge in [0.05, 0.1) is 17.9 Å². The molecule has 2 heterocycles. The molecule has 0 aliphatic carbocycles. The van der Waals surface area contributed by atoms with Gasteiger partial charge < -0.3 is 9.30 Å². The molecule has 0 fully saturated rings. The van der Waals surface area contributed by atoms with E-state index < -0.39 is 23.0 Å². The molecule has 0 radical (unpaired) electrons. The van der Waals surface area contributed by atoms with Crippen LogP contribution in [0, 0.1) is 18.2 Å². The number of aromatic nitrogens is 2. The van der Waals surface area contributed by atoms with Gasteiger partial charge in [0, 0.05) is 24.9 Å². The average molecular weight is 357 g/mol. The molecule has 2 aromatic rings. The average Bonchev–Trinajstić information content (AvgIpc) is 2.61. The summed E-state index contributed by atoms with van der Waals surface area (Å²) in [6.45, 7) is 1.50. The summed E-state index contributed by atoms with van der Waals surface area (Å²) in [5.41, 5.74) is -0.862. The van der Waals surface area contributed by atoms with Gasteiger partial charge in [0.2, 0.25) is 0 Å². The number of anilines is 1. The number of hydrogen-bond acceptors (Lipinski definition) is 4. The van der Waals surface area contributed by atoms with Crippen molar-refractivity contribution in [1.29, 1.82) is 0 Å². The Bertz CT molecular complexity index is 1060. The van der Waals surface area contributed by atoms with Crippen LogP contribution in [0.2, 0.25) is 0 Å². The molecule has 1 aliphatic heterocycles. The van der Waals surface area contributed by atoms with Gasteiger partial charge in [-0.1, -0.05) is 12.8 Å². The van der Waals surface area contributed by atoms with E-state index in [9.17, 15) is 18.8 Å². The third kappa shape index (κ3) is 2.67. The van der Waals surface area contributed by atoms with Crippen molar-refractivity contribution in [3.8, 4) is 23.8 Å². The van der Waals surface area contributed by atoms with Crippen LogP contribution in [0.1, 0.15) is 12.6 Å². The molecule has 0 N–H and O–H groups in total. The van der Waals surface area contributed by atoms with Crippen LogP contribution in [0.3, 0.4) is 0 Å². The molecule has 8 heteroatoms. The van der Waals surface area contributed by atoms with Gasteiger partial charge in [0.15, 0.2) is 12.4 Å². The van der Waals surface area contributed by atoms with Crippen molar-refractivity contribution in [2.45, 2.75) is 13.3 Å². The Hall–Kier alpha value is -3.34. The predicted molar refractivity (Wildman–Crippen MR) is 93.3 cm³/mol. The third-order valence-corrected chi connectivity index (χ3v) is 4.24. The van der Waals surface area contributed by atoms with Crippen molar-refractivity contribution in [3.05, 3.63) is 50.5 Å². The van der Waals surface area contributed by atoms with Crippen LogP contribution in [0.5, 0.6) is 5.75 Å². The summed E-state index contributed by atoms with van der Waals surface area (Å²) in [6.07, 6.45) is 5.77. The fraction of sp³-hybridized carbons (Fsp3) is 0.278. The first-order valence-electron chi connectivity index (χ1n) is 7.91. The summed E-state index contributed by atoms with van der Waals surface area (Å²) < 4.78 is 21.9. The Balaban J connectivity index is 2.28. The van der Waals surface area contributed by atoms with E-state index in [1.54, 1.807) is 6.92 Å². The van der Waals surface area contributed by atoms with E-state index in [1.165, 1.54) is 28.6 Å². The van der Waals surface area contributed by atoms with Gasteiger partial charge in [-0.3, -0.25) is 14.5 Å². The first kappa shape index (κ1) is 17.5. The first-order valence-corrected chi connectivity index (χ1v) is 7.91. The molecule has 0 saturated heterocycles. The minimum Gasteiger partial charge on any atom is -0.481 e. The molecule has 1 aliphatic rings. The fourth-order valence-corrected chi connectivity index (χ4v) is 2.88. The van der Waals surface area contributed by atoms with Crippen molar-refractivity contribution in [1.82, 2.24) is 9.13 Å². The molecule has 7 nitrogen and oxygen atoms in total. The standard InChI is InChI=1S/C18H16FN3O4/c1-4-6-21-14-9-13(12(19)8-15(14)26-10-17(21)24)22-16(23)7-11(5-2)20(3)18(22)25/h1,7-9H,5-6,10H2,2-3H3. The molecule has 26 heavy (non-hydrogen) atoms. The number of halogens is 1. The zero-order chi connectivity index (χ0) is 19.0. The second kappa shape index (κ2) is 6.52. The third-order valence-electron chi connectivity index (χ3n) is 4.24. The van der Waals surface area contributed by atoms with Gasteiger partial charge in [-0.15, -0.1) is 6.42 Å². The van der Waals surface area contributed by atoms with Crippen LogP contribution in [0.15, 0.2) is 27.8 Å². The number of rotatable bonds is 3. The highest BCUT2D eigenvalue weighted by Crippen LogP contribution is 2.35. The van der Waals surface area contributed by atoms with Gasteiger partial charge in [-0.2, -0.15) is 0 Å². The summed E-state index contributed by atoms with van der Waals surface area (Å²) in [7, 11) is 1.50. The number of amides is 1. The van der Waals surface area contributed by atoms with Crippen molar-refractivity contribution in [2.75, 3.05) is 18.1 Å². The number of carbonyl (C=O) groups excluding carboxylic acids is 1. The molecule has 1 aromatic carbocycles. The highest BCUT2D eigenvalue weighted by atomic mass is 19.1. The minimum atomic E-state index is -0.817. The SMILES string of the molecule is C#CCN1C(=O)COc2cc(F)c(-n3c(=O)cc(CC)n(C)c3=O)cc21. The normalized spacial score (nSPS) is 13.2. The lowest BCUT2D eigenvalue weighted by Crippen LogP contribution is -2.41. The summed E-state index contributed by atoms with van der Waals surface area (Å²) in [6, 6.07) is 3.55. The quantitative estimate of drug-likeness (QED) is 0.754. The molecule has 0 unspecified atom stereocenters. The Morgan fingerprint density at radius 2 is 1.96 bits per heavy atom. The van der Waals surface area contributed by atoms with E-state index in [-0.39, 0.29) is 30.3 Å². The van der Waals surface area contributed by atoms with E-state index in [1.807, 2.05) is 0 Å². The number of hydrogen-bond donors (Lipinski definition) is 0. The lowest BCUT2D eigenvalue weighted by molar-refractivity contribution is -0.121. The number of aryl methyl sites for hydroxylation is 1. The van der Waals surface area contributed by atoms with Crippen LogP contribution in [0.25, 0.3) is 5.69 Å². The Morgan fingerprint density at radius 3 is 2.62 bits per heavy atom. The molecule has 3 rings (SSSR count). The zero-order valence-corrected chi connectivity index (χ0v) is 14.3. The Labute approximate surface area is 148 Å². The lowest BCUT2D eigenvalue weighted by Gasteiger charge is -2.28. The van der Waals surface area contributed by atoms with Crippen molar-refractivity contribution in [3.63, 3.8) is 0 Å². The van der Waals surface area contributed by atoms with Crippen LogP contribution in [0.4, 0.5) is 10.1 Å². The molecule has 1 amide bonds. The maximum atomic E-state index is 14.6. The molecular formula is C18H16FN3O4. The second-order valence-corrected chi connectivity index (χ2v) is 5.75. The monoisotopic (exact) mass is 357 g/mol. The second-order valence-electron chi connectivity index (χ2n) is 5.75. The van der Waals surface area contributed by atoms with E-state index >= 15 is 0 Å². The summed E-state index contributed by atoms with van der Waals surface area (Å²) in [4.78, 5) is 38.3. The fourth-order valence-electron chi connectivity index (χ4n) is 2.88. The number of benzene rings is 1. The van der Waals surface area contributed by atoms with Crippen molar-refractivity contribution >= 4 is 11.6 Å². The van der Waals surface area contributed by atoms with Crippen LogP contribution < -0.4 is 20.9 Å². The van der Waals surface area contributed by atoms with E-state index in [0.717, 1.165) is 10.6 Å². The molecule has 134 valence electrons. The molecule has 1 aromatic heterocycles. The number of terminal acetylenes is 1. The lowest BCUT2D eigenvalue weighted by atomic mass is 10.2. The van der Waals surface area contributed by atoms with Gasteiger partial charge >= 0.3 is 5.69 Å². The Kier molecular flexibility index (Phi) is 4.38. The minimum absolute atomic E-state index is 0.0397. The summed E-state index contributed by atoms with van der Waals surface area (Å²) in [5.74, 6) is 1.26. The highest BCUT2D eigenvalue weighted by molar-refractivity contribution is 5.98. The molecular weight excluding hydrogens is 341 g/mol. The van der Waals surface area contributed by atoms with Gasteiger partial charge in [-0.25, -0.2) is 13.8 Å². The van der Waals surface area contributed by atoms with E-state index in [2.05, 4.69) is 5.92 Å². The van der Waals surface area contributed by atoms with Gasteiger partial charge in [0.1, 0.15) is 5.75 Å². The highest BCUT2D eigenvalue weighted by Gasteiger charge is 2.27. The number of nitrogens with zero attached hydrogens (tertiary/aromatic N) is 3. The maximum absolute atomic E-state index is 14.6. The van der Waals surface area contributed by atoms with Crippen LogP contribution >= 0.6 is 0 Å². The van der Waals surface area contributed by atoms with Gasteiger partial charge in [-0.05, 0) is 12.5 Å². The maximum Gasteiger partial charge on any atom is 0.335 e. The molecule has 0 saturated carbocycles. The number of carbonyl (C=O) groups is 1. The summed E-state index contributed by atoms with van der Waals surface area (Å²) >= 11 is 0. The topological polar surface area (TPSA) is 73.5 Å². The Morgan fingerprint density at radius 1 is 1.23 bits per heavy atom. The number of ether oxygens (including phenoxy) is 1. The molecule has 0 bridgehead atoms. The smallest absolute Gasteiger partial charge is 0.335 e. The predicted octanol–water partition coefficient (Wildman–Crippen LogP) is 0.596. The zero-order valence-electron chi connectivity index (χ0n) is 14.3. The van der Waals surface area contributed by atoms with E-state index in [0.29, 0.717) is 12.1 Å². The molecule has 0 spiro atoms. The van der Waals surface area contributed by atoms with Crippen LogP contribution in [-0.2, 0) is 18.3 Å². The molecule has 0 atom stereocenters. The van der Waals surface area contributed by atoms with Crippen LogP contribution in [-0.4, -0.2) is 28.2 Å².